The van der Waals surface area contributed by atoms with Gasteiger partial charge in [-0.25, -0.2) is 17.6 Å². The number of nitrogens with one attached hydrogen (secondary N) is 2. The average Bonchev–Trinajstić information content (AvgIpc) is 2.73. The molecule has 0 unspecified atom stereocenters. The zero-order valence-corrected chi connectivity index (χ0v) is 16.2. The van der Waals surface area contributed by atoms with Gasteiger partial charge in [-0.05, 0) is 48.0 Å². The molecule has 0 aliphatic carbocycles. The van der Waals surface area contributed by atoms with E-state index in [0.29, 0.717) is 12.2 Å². The number of sulfone groups is 1. The van der Waals surface area contributed by atoms with Crippen LogP contribution in [-0.2, 0) is 16.4 Å². The number of benzene rings is 2. The molecule has 2 N–H and O–H groups in total. The molecule has 0 bridgehead atoms. The first-order valence-corrected chi connectivity index (χ1v) is 10.0. The maximum absolute atomic E-state index is 13.7. The van der Waals surface area contributed by atoms with Crippen LogP contribution in [0.15, 0.2) is 76.8 Å². The Balaban J connectivity index is 1.69. The van der Waals surface area contributed by atoms with Gasteiger partial charge in [-0.1, -0.05) is 6.07 Å². The lowest BCUT2D eigenvalue weighted by molar-refractivity contribution is 0.251. The summed E-state index contributed by atoms with van der Waals surface area (Å²) in [6, 6.07) is 12.0. The van der Waals surface area contributed by atoms with E-state index in [1.54, 1.807) is 18.5 Å². The Morgan fingerprint density at radius 3 is 2.52 bits per heavy atom. The first-order chi connectivity index (χ1) is 13.9. The minimum atomic E-state index is -3.94. The predicted molar refractivity (Wildman–Crippen MR) is 105 cm³/mol. The average molecular weight is 415 g/mol. The highest BCUT2D eigenvalue weighted by Crippen LogP contribution is 2.26. The second-order valence-corrected chi connectivity index (χ2v) is 7.97. The highest BCUT2D eigenvalue weighted by Gasteiger charge is 2.19. The van der Waals surface area contributed by atoms with E-state index in [1.807, 2.05) is 6.07 Å². The molecule has 0 spiro atoms. The molecule has 2 aromatic carbocycles. The smallest absolute Gasteiger partial charge is 0.319 e. The van der Waals surface area contributed by atoms with Gasteiger partial charge in [0.25, 0.3) is 0 Å². The molecule has 0 aliphatic rings. The van der Waals surface area contributed by atoms with E-state index >= 15 is 0 Å². The van der Waals surface area contributed by atoms with Gasteiger partial charge in [-0.2, -0.15) is 0 Å². The van der Waals surface area contributed by atoms with E-state index < -0.39 is 21.7 Å². The summed E-state index contributed by atoms with van der Waals surface area (Å²) in [5.41, 5.74) is 1.25. The monoisotopic (exact) mass is 415 g/mol. The number of urea groups is 1. The number of halogens is 1. The molecule has 0 aliphatic heterocycles. The summed E-state index contributed by atoms with van der Waals surface area (Å²) in [6.45, 7) is 0.299. The van der Waals surface area contributed by atoms with E-state index in [1.165, 1.54) is 37.4 Å². The maximum Gasteiger partial charge on any atom is 0.319 e. The molecule has 150 valence electrons. The molecular formula is C20H18FN3O4S. The molecule has 0 radical (unpaired) electrons. The van der Waals surface area contributed by atoms with Gasteiger partial charge in [0, 0.05) is 30.7 Å². The Hall–Kier alpha value is -3.46. The van der Waals surface area contributed by atoms with Crippen LogP contribution in [0, 0.1) is 5.82 Å². The second-order valence-electron chi connectivity index (χ2n) is 6.02. The van der Waals surface area contributed by atoms with Crippen LogP contribution in [0.25, 0.3) is 0 Å². The number of carbonyl (C=O) groups is 1. The fourth-order valence-electron chi connectivity index (χ4n) is 2.52. The Kier molecular flexibility index (Phi) is 6.08. The summed E-state index contributed by atoms with van der Waals surface area (Å²) in [5, 5.41) is 5.29. The number of pyridine rings is 1. The van der Waals surface area contributed by atoms with Crippen LogP contribution < -0.4 is 15.4 Å². The minimum absolute atomic E-state index is 0.0357. The largest absolute Gasteiger partial charge is 0.497 e. The number of hydrogen-bond acceptors (Lipinski definition) is 5. The van der Waals surface area contributed by atoms with Gasteiger partial charge in [-0.3, -0.25) is 4.98 Å². The van der Waals surface area contributed by atoms with Gasteiger partial charge in [-0.15, -0.1) is 0 Å². The molecule has 9 heteroatoms. The molecule has 1 heterocycles. The van der Waals surface area contributed by atoms with Crippen LogP contribution in [0.2, 0.25) is 0 Å². The zero-order chi connectivity index (χ0) is 20.9. The van der Waals surface area contributed by atoms with Crippen LogP contribution >= 0.6 is 0 Å². The Morgan fingerprint density at radius 1 is 1.10 bits per heavy atom. The minimum Gasteiger partial charge on any atom is -0.497 e. The number of methoxy groups -OCH3 is 1. The van der Waals surface area contributed by atoms with Crippen molar-refractivity contribution in [2.45, 2.75) is 16.3 Å². The molecular weight excluding hydrogens is 397 g/mol. The van der Waals surface area contributed by atoms with Crippen molar-refractivity contribution >= 4 is 21.6 Å². The zero-order valence-electron chi connectivity index (χ0n) is 15.4. The summed E-state index contributed by atoms with van der Waals surface area (Å²) in [4.78, 5) is 15.7. The van der Waals surface area contributed by atoms with Crippen molar-refractivity contribution in [1.29, 1.82) is 0 Å². The van der Waals surface area contributed by atoms with Gasteiger partial charge >= 0.3 is 6.03 Å². The first kappa shape index (κ1) is 20.3. The van der Waals surface area contributed by atoms with Crippen LogP contribution in [-0.4, -0.2) is 26.5 Å². The number of aromatic nitrogens is 1. The van der Waals surface area contributed by atoms with Crippen molar-refractivity contribution in [1.82, 2.24) is 10.3 Å². The van der Waals surface area contributed by atoms with Crippen LogP contribution in [0.3, 0.4) is 0 Å². The normalized spacial score (nSPS) is 11.0. The summed E-state index contributed by atoms with van der Waals surface area (Å²) >= 11 is 0. The molecule has 0 saturated heterocycles. The molecule has 3 rings (SSSR count). The number of anilines is 1. The molecule has 7 nitrogen and oxygen atoms in total. The van der Waals surface area contributed by atoms with Gasteiger partial charge in [0.05, 0.1) is 16.9 Å². The first-order valence-electron chi connectivity index (χ1n) is 8.52. The van der Waals surface area contributed by atoms with Crippen molar-refractivity contribution < 1.29 is 22.3 Å². The topological polar surface area (TPSA) is 97.4 Å². The van der Waals surface area contributed by atoms with Gasteiger partial charge in [0.1, 0.15) is 11.6 Å². The number of hydrogen-bond donors (Lipinski definition) is 2. The molecule has 2 amide bonds. The Morgan fingerprint density at radius 2 is 1.86 bits per heavy atom. The van der Waals surface area contributed by atoms with Crippen molar-refractivity contribution in [3.63, 3.8) is 0 Å². The summed E-state index contributed by atoms with van der Waals surface area (Å²) in [6.07, 6.45) is 3.28. The standard InChI is InChI=1S/C20H18FN3O4S/c1-28-17-9-15(21)10-19(11-17)29(26,27)18-6-4-16(5-7-18)24-20(25)23-13-14-3-2-8-22-12-14/h2-12H,13H2,1H3,(H2,23,24,25). The SMILES string of the molecule is COc1cc(F)cc(S(=O)(=O)c2ccc(NC(=O)NCc3cccnc3)cc2)c1. The van der Waals surface area contributed by atoms with E-state index in [4.69, 9.17) is 4.74 Å². The fourth-order valence-corrected chi connectivity index (χ4v) is 3.83. The summed E-state index contributed by atoms with van der Waals surface area (Å²) < 4.78 is 44.0. The van der Waals surface area contributed by atoms with E-state index in [0.717, 1.165) is 17.7 Å². The quantitative estimate of drug-likeness (QED) is 0.643. The lowest BCUT2D eigenvalue weighted by Gasteiger charge is -2.10. The summed E-state index contributed by atoms with van der Waals surface area (Å²) in [5.74, 6) is -0.612. The number of amides is 2. The van der Waals surface area contributed by atoms with E-state index in [9.17, 15) is 17.6 Å². The number of ether oxygens (including phenoxy) is 1. The van der Waals surface area contributed by atoms with Crippen molar-refractivity contribution in [3.05, 3.63) is 78.4 Å². The van der Waals surface area contributed by atoms with Crippen molar-refractivity contribution in [3.8, 4) is 5.75 Å². The maximum atomic E-state index is 13.7. The van der Waals surface area contributed by atoms with Gasteiger partial charge in [0.15, 0.2) is 0 Å². The second kappa shape index (κ2) is 8.70. The van der Waals surface area contributed by atoms with Crippen LogP contribution in [0.5, 0.6) is 5.75 Å². The molecule has 0 fully saturated rings. The third-order valence-electron chi connectivity index (χ3n) is 3.99. The lowest BCUT2D eigenvalue weighted by atomic mass is 10.3. The fraction of sp³-hybridized carbons (Fsp3) is 0.100. The molecule has 0 saturated carbocycles. The number of rotatable bonds is 6. The van der Waals surface area contributed by atoms with E-state index in [2.05, 4.69) is 15.6 Å². The number of nitrogens with zero attached hydrogens (tertiary/aromatic N) is 1. The molecule has 0 atom stereocenters. The summed E-state index contributed by atoms with van der Waals surface area (Å²) in [7, 11) is -2.62. The van der Waals surface area contributed by atoms with Gasteiger partial charge in [0.2, 0.25) is 9.84 Å². The highest BCUT2D eigenvalue weighted by molar-refractivity contribution is 7.91. The van der Waals surface area contributed by atoms with Crippen LogP contribution in [0.1, 0.15) is 5.56 Å². The predicted octanol–water partition coefficient (Wildman–Crippen LogP) is 3.38. The lowest BCUT2D eigenvalue weighted by Crippen LogP contribution is -2.28. The van der Waals surface area contributed by atoms with Crippen LogP contribution in [0.4, 0.5) is 14.9 Å². The molecule has 3 aromatic rings. The van der Waals surface area contributed by atoms with Crippen molar-refractivity contribution in [2.75, 3.05) is 12.4 Å². The van der Waals surface area contributed by atoms with Crippen molar-refractivity contribution in [2.24, 2.45) is 0 Å². The molecule has 29 heavy (non-hydrogen) atoms. The number of carbonyl (C=O) groups excluding carboxylic acids is 1. The Bertz CT molecular complexity index is 1100. The Labute approximate surface area is 167 Å². The third kappa shape index (κ3) is 5.08. The highest BCUT2D eigenvalue weighted by atomic mass is 32.2. The molecule has 1 aromatic heterocycles. The van der Waals surface area contributed by atoms with Gasteiger partial charge < -0.3 is 15.4 Å². The third-order valence-corrected chi connectivity index (χ3v) is 5.74. The van der Waals surface area contributed by atoms with E-state index in [-0.39, 0.29) is 15.5 Å².